The van der Waals surface area contributed by atoms with Crippen molar-refractivity contribution in [2.45, 2.75) is 0 Å². The minimum absolute atomic E-state index is 0.429. The molecule has 1 fully saturated rings. The first kappa shape index (κ1) is 16.8. The second kappa shape index (κ2) is 6.98. The molecule has 4 aromatic rings. The van der Waals surface area contributed by atoms with Gasteiger partial charge in [0.05, 0.1) is 13.2 Å². The third-order valence-electron chi connectivity index (χ3n) is 4.88. The summed E-state index contributed by atoms with van der Waals surface area (Å²) in [6.45, 7) is 2.64. The molecule has 6 nitrogen and oxygen atoms in total. The minimum Gasteiger partial charge on any atom is -0.456 e. The molecule has 1 aliphatic heterocycles. The number of carbonyl (C=O) groups is 1. The molecular formula is C22H18N2O4. The Morgan fingerprint density at radius 2 is 1.79 bits per heavy atom. The summed E-state index contributed by atoms with van der Waals surface area (Å²) in [5.74, 6) is 0.674. The molecule has 0 spiro atoms. The zero-order valence-electron chi connectivity index (χ0n) is 15.1. The summed E-state index contributed by atoms with van der Waals surface area (Å²) >= 11 is 0. The molecule has 1 aliphatic rings. The molecule has 140 valence electrons. The maximum atomic E-state index is 12.9. The lowest BCUT2D eigenvalue weighted by Crippen LogP contribution is -2.37. The molecule has 2 aromatic carbocycles. The van der Waals surface area contributed by atoms with E-state index < -0.39 is 5.97 Å². The van der Waals surface area contributed by atoms with E-state index in [1.807, 2.05) is 41.3 Å². The highest BCUT2D eigenvalue weighted by Gasteiger charge is 2.21. The van der Waals surface area contributed by atoms with Gasteiger partial charge in [0.1, 0.15) is 28.3 Å². The summed E-state index contributed by atoms with van der Waals surface area (Å²) < 4.78 is 16.9. The van der Waals surface area contributed by atoms with Gasteiger partial charge >= 0.3 is 5.97 Å². The standard InChI is InChI=1S/C22H18N2O4/c25-22(17-5-3-9-23-21(17)24-10-12-26-13-11-24)27-15-7-8-20-18(14-15)16-4-1-2-6-19(16)28-20/h1-9,14H,10-13H2. The monoisotopic (exact) mass is 374 g/mol. The van der Waals surface area contributed by atoms with Crippen molar-refractivity contribution in [3.05, 3.63) is 66.4 Å². The van der Waals surface area contributed by atoms with E-state index >= 15 is 0 Å². The molecule has 0 saturated carbocycles. The summed E-state index contributed by atoms with van der Waals surface area (Å²) in [7, 11) is 0. The second-order valence-corrected chi connectivity index (χ2v) is 6.62. The molecule has 0 unspecified atom stereocenters. The van der Waals surface area contributed by atoms with Gasteiger partial charge in [0, 0.05) is 30.1 Å². The fraction of sp³-hybridized carbons (Fsp3) is 0.182. The molecule has 0 atom stereocenters. The number of rotatable bonds is 3. The highest BCUT2D eigenvalue weighted by Crippen LogP contribution is 2.31. The van der Waals surface area contributed by atoms with Crippen molar-refractivity contribution in [3.63, 3.8) is 0 Å². The minimum atomic E-state index is -0.429. The number of ether oxygens (including phenoxy) is 2. The zero-order valence-corrected chi connectivity index (χ0v) is 15.1. The normalized spacial score (nSPS) is 14.5. The van der Waals surface area contributed by atoms with E-state index in [2.05, 4.69) is 4.98 Å². The van der Waals surface area contributed by atoms with Crippen LogP contribution >= 0.6 is 0 Å². The van der Waals surface area contributed by atoms with Crippen molar-refractivity contribution in [1.29, 1.82) is 0 Å². The van der Waals surface area contributed by atoms with Gasteiger partial charge < -0.3 is 18.8 Å². The van der Waals surface area contributed by atoms with Gasteiger partial charge in [-0.3, -0.25) is 0 Å². The van der Waals surface area contributed by atoms with Gasteiger partial charge in [-0.1, -0.05) is 18.2 Å². The van der Waals surface area contributed by atoms with E-state index in [4.69, 9.17) is 13.9 Å². The van der Waals surface area contributed by atoms with Gasteiger partial charge in [0.2, 0.25) is 0 Å². The molecule has 1 saturated heterocycles. The average Bonchev–Trinajstić information content (AvgIpc) is 3.12. The van der Waals surface area contributed by atoms with Crippen LogP contribution in [0.4, 0.5) is 5.82 Å². The van der Waals surface area contributed by atoms with Gasteiger partial charge in [0.15, 0.2) is 0 Å². The summed E-state index contributed by atoms with van der Waals surface area (Å²) in [6, 6.07) is 16.7. The fourth-order valence-electron chi connectivity index (χ4n) is 3.51. The molecule has 0 amide bonds. The molecule has 0 N–H and O–H groups in total. The van der Waals surface area contributed by atoms with Crippen molar-refractivity contribution in [2.75, 3.05) is 31.2 Å². The number of nitrogens with zero attached hydrogens (tertiary/aromatic N) is 2. The number of pyridine rings is 1. The number of furan rings is 1. The number of fused-ring (bicyclic) bond motifs is 3. The maximum absolute atomic E-state index is 12.9. The molecular weight excluding hydrogens is 356 g/mol. The fourth-order valence-corrected chi connectivity index (χ4v) is 3.51. The molecule has 0 aliphatic carbocycles. The number of esters is 1. The van der Waals surface area contributed by atoms with Crippen molar-refractivity contribution in [1.82, 2.24) is 4.98 Å². The number of hydrogen-bond acceptors (Lipinski definition) is 6. The lowest BCUT2D eigenvalue weighted by atomic mass is 10.1. The Hall–Kier alpha value is -3.38. The Kier molecular flexibility index (Phi) is 4.18. The second-order valence-electron chi connectivity index (χ2n) is 6.62. The van der Waals surface area contributed by atoms with Gasteiger partial charge in [-0.15, -0.1) is 0 Å². The van der Waals surface area contributed by atoms with E-state index in [1.165, 1.54) is 0 Å². The predicted molar refractivity (Wildman–Crippen MR) is 106 cm³/mol. The van der Waals surface area contributed by atoms with Crippen LogP contribution in [0, 0.1) is 0 Å². The Labute approximate surface area is 161 Å². The number of morpholine rings is 1. The third kappa shape index (κ3) is 2.97. The van der Waals surface area contributed by atoms with Crippen molar-refractivity contribution < 1.29 is 18.7 Å². The van der Waals surface area contributed by atoms with Crippen molar-refractivity contribution >= 4 is 33.7 Å². The molecule has 0 radical (unpaired) electrons. The predicted octanol–water partition coefficient (Wildman–Crippen LogP) is 4.04. The summed E-state index contributed by atoms with van der Waals surface area (Å²) in [4.78, 5) is 19.3. The lowest BCUT2D eigenvalue weighted by Gasteiger charge is -2.28. The van der Waals surface area contributed by atoms with Crippen LogP contribution < -0.4 is 9.64 Å². The number of benzene rings is 2. The summed E-state index contributed by atoms with van der Waals surface area (Å²) in [5.41, 5.74) is 2.01. The highest BCUT2D eigenvalue weighted by molar-refractivity contribution is 6.05. The van der Waals surface area contributed by atoms with Gasteiger partial charge in [-0.25, -0.2) is 9.78 Å². The molecule has 2 aromatic heterocycles. The van der Waals surface area contributed by atoms with Crippen LogP contribution in [0.1, 0.15) is 10.4 Å². The Bertz CT molecular complexity index is 1160. The van der Waals surface area contributed by atoms with Crippen LogP contribution in [0.5, 0.6) is 5.75 Å². The van der Waals surface area contributed by atoms with E-state index in [-0.39, 0.29) is 0 Å². The smallest absolute Gasteiger partial charge is 0.347 e. The third-order valence-corrected chi connectivity index (χ3v) is 4.88. The number of hydrogen-bond donors (Lipinski definition) is 0. The molecule has 3 heterocycles. The number of para-hydroxylation sites is 1. The van der Waals surface area contributed by atoms with Crippen LogP contribution in [0.2, 0.25) is 0 Å². The van der Waals surface area contributed by atoms with Crippen molar-refractivity contribution in [2.24, 2.45) is 0 Å². The SMILES string of the molecule is O=C(Oc1ccc2oc3ccccc3c2c1)c1cccnc1N1CCOCC1. The average molecular weight is 374 g/mol. The number of anilines is 1. The maximum Gasteiger partial charge on any atom is 0.347 e. The lowest BCUT2D eigenvalue weighted by molar-refractivity contribution is 0.0734. The van der Waals surface area contributed by atoms with Crippen molar-refractivity contribution in [3.8, 4) is 5.75 Å². The Morgan fingerprint density at radius 1 is 0.964 bits per heavy atom. The highest BCUT2D eigenvalue weighted by atomic mass is 16.5. The first-order valence-electron chi connectivity index (χ1n) is 9.21. The van der Waals surface area contributed by atoms with Gasteiger partial charge in [-0.05, 0) is 36.4 Å². The van der Waals surface area contributed by atoms with E-state index in [9.17, 15) is 4.79 Å². The van der Waals surface area contributed by atoms with Crippen LogP contribution in [0.15, 0.2) is 65.2 Å². The first-order valence-corrected chi connectivity index (χ1v) is 9.21. The quantitative estimate of drug-likeness (QED) is 0.398. The molecule has 0 bridgehead atoms. The largest absolute Gasteiger partial charge is 0.456 e. The van der Waals surface area contributed by atoms with Crippen LogP contribution in [0.25, 0.3) is 21.9 Å². The zero-order chi connectivity index (χ0) is 18.9. The van der Waals surface area contributed by atoms with Crippen LogP contribution in [-0.4, -0.2) is 37.3 Å². The van der Waals surface area contributed by atoms with Gasteiger partial charge in [-0.2, -0.15) is 0 Å². The van der Waals surface area contributed by atoms with Crippen LogP contribution in [-0.2, 0) is 4.74 Å². The molecule has 6 heteroatoms. The Balaban J connectivity index is 1.46. The van der Waals surface area contributed by atoms with E-state index in [0.29, 0.717) is 43.4 Å². The number of aromatic nitrogens is 1. The van der Waals surface area contributed by atoms with Crippen LogP contribution in [0.3, 0.4) is 0 Å². The topological polar surface area (TPSA) is 64.8 Å². The first-order chi connectivity index (χ1) is 13.8. The van der Waals surface area contributed by atoms with E-state index in [0.717, 1.165) is 21.9 Å². The van der Waals surface area contributed by atoms with Gasteiger partial charge in [0.25, 0.3) is 0 Å². The molecule has 5 rings (SSSR count). The summed E-state index contributed by atoms with van der Waals surface area (Å²) in [6.07, 6.45) is 1.69. The summed E-state index contributed by atoms with van der Waals surface area (Å²) in [5, 5.41) is 1.91. The van der Waals surface area contributed by atoms with E-state index in [1.54, 1.807) is 24.4 Å². The number of carbonyl (C=O) groups excluding carboxylic acids is 1. The Morgan fingerprint density at radius 3 is 2.68 bits per heavy atom. The molecule has 28 heavy (non-hydrogen) atoms.